The van der Waals surface area contributed by atoms with Gasteiger partial charge in [-0.1, -0.05) is 6.92 Å². The molecule has 1 N–H and O–H groups in total. The van der Waals surface area contributed by atoms with Gasteiger partial charge in [-0.3, -0.25) is 9.79 Å². The molecule has 1 atom stereocenters. The van der Waals surface area contributed by atoms with Crippen LogP contribution in [0.1, 0.15) is 40.5 Å². The molecule has 1 unspecified atom stereocenters. The molecular formula is C18H38IN5O. The molecule has 1 heterocycles. The number of nitrogens with one attached hydrogen (secondary N) is 1. The lowest BCUT2D eigenvalue weighted by molar-refractivity contribution is -0.131. The van der Waals surface area contributed by atoms with Crippen LogP contribution >= 0.6 is 24.0 Å². The highest BCUT2D eigenvalue weighted by Gasteiger charge is 2.17. The van der Waals surface area contributed by atoms with E-state index >= 15 is 0 Å². The number of hydrogen-bond acceptors (Lipinski definition) is 3. The van der Waals surface area contributed by atoms with Crippen LogP contribution in [-0.4, -0.2) is 86.0 Å². The maximum Gasteiger partial charge on any atom is 0.242 e. The molecule has 1 fully saturated rings. The zero-order valence-corrected chi connectivity index (χ0v) is 19.1. The van der Waals surface area contributed by atoms with Crippen molar-refractivity contribution in [2.24, 2.45) is 10.9 Å². The van der Waals surface area contributed by atoms with Crippen LogP contribution in [0.2, 0.25) is 0 Å². The number of carbonyl (C=O) groups is 1. The van der Waals surface area contributed by atoms with Gasteiger partial charge in [0.05, 0.1) is 13.1 Å². The number of halogens is 1. The Morgan fingerprint density at radius 1 is 1.28 bits per heavy atom. The van der Waals surface area contributed by atoms with E-state index in [0.717, 1.165) is 44.6 Å². The van der Waals surface area contributed by atoms with Gasteiger partial charge in [-0.05, 0) is 46.1 Å². The third-order valence-corrected chi connectivity index (χ3v) is 4.60. The van der Waals surface area contributed by atoms with Crippen LogP contribution in [0.5, 0.6) is 0 Å². The molecule has 1 aliphatic heterocycles. The number of amides is 1. The highest BCUT2D eigenvalue weighted by Crippen LogP contribution is 2.14. The summed E-state index contributed by atoms with van der Waals surface area (Å²) in [6.45, 7) is 15.2. The topological polar surface area (TPSA) is 51.2 Å². The Kier molecular flexibility index (Phi) is 13.3. The SMILES string of the molecule is CCNC(=NCCN1CCCC(C)C1)N(C)CC(=O)N(CC)CC.I. The average Bonchev–Trinajstić information content (AvgIpc) is 2.55. The predicted molar refractivity (Wildman–Crippen MR) is 117 cm³/mol. The van der Waals surface area contributed by atoms with Gasteiger partial charge in [-0.25, -0.2) is 0 Å². The highest BCUT2D eigenvalue weighted by atomic mass is 127. The summed E-state index contributed by atoms with van der Waals surface area (Å²) in [6, 6.07) is 0. The molecule has 0 spiro atoms. The first-order chi connectivity index (χ1) is 11.5. The van der Waals surface area contributed by atoms with Gasteiger partial charge in [-0.2, -0.15) is 0 Å². The van der Waals surface area contributed by atoms with E-state index < -0.39 is 0 Å². The minimum atomic E-state index is 0. The molecule has 0 radical (unpaired) electrons. The second-order valence-electron chi connectivity index (χ2n) is 6.71. The number of likely N-dealkylation sites (N-methyl/N-ethyl adjacent to an activating group) is 2. The van der Waals surface area contributed by atoms with E-state index in [2.05, 4.69) is 24.1 Å². The van der Waals surface area contributed by atoms with E-state index in [1.54, 1.807) is 0 Å². The standard InChI is InChI=1S/C18H37N5O.HI/c1-6-19-18(21(5)15-17(24)23(7-2)8-3)20-11-13-22-12-9-10-16(4)14-22;/h16H,6-15H2,1-5H3,(H,19,20);1H. The number of piperidine rings is 1. The van der Waals surface area contributed by atoms with Crippen LogP contribution in [0, 0.1) is 5.92 Å². The third kappa shape index (κ3) is 9.08. The van der Waals surface area contributed by atoms with Gasteiger partial charge in [0, 0.05) is 39.8 Å². The molecule has 1 saturated heterocycles. The summed E-state index contributed by atoms with van der Waals surface area (Å²) >= 11 is 0. The Labute approximate surface area is 171 Å². The van der Waals surface area contributed by atoms with Gasteiger partial charge < -0.3 is 20.0 Å². The van der Waals surface area contributed by atoms with E-state index in [1.807, 2.05) is 30.7 Å². The smallest absolute Gasteiger partial charge is 0.242 e. The summed E-state index contributed by atoms with van der Waals surface area (Å²) in [5.41, 5.74) is 0. The van der Waals surface area contributed by atoms with Crippen molar-refractivity contribution >= 4 is 35.8 Å². The quantitative estimate of drug-likeness (QED) is 0.338. The van der Waals surface area contributed by atoms with Crippen LogP contribution < -0.4 is 5.32 Å². The molecule has 25 heavy (non-hydrogen) atoms. The van der Waals surface area contributed by atoms with Gasteiger partial charge >= 0.3 is 0 Å². The molecule has 0 aromatic rings. The fourth-order valence-electron chi connectivity index (χ4n) is 3.21. The van der Waals surface area contributed by atoms with Crippen molar-refractivity contribution in [2.45, 2.75) is 40.5 Å². The summed E-state index contributed by atoms with van der Waals surface area (Å²) in [4.78, 5) is 23.3. The average molecular weight is 467 g/mol. The van der Waals surface area contributed by atoms with Crippen LogP contribution in [0.15, 0.2) is 4.99 Å². The molecule has 0 aromatic heterocycles. The van der Waals surface area contributed by atoms with Gasteiger partial charge in [0.25, 0.3) is 0 Å². The number of hydrogen-bond donors (Lipinski definition) is 1. The van der Waals surface area contributed by atoms with E-state index in [0.29, 0.717) is 6.54 Å². The normalized spacial score (nSPS) is 18.4. The summed E-state index contributed by atoms with van der Waals surface area (Å²) < 4.78 is 0. The number of aliphatic imine (C=N–C) groups is 1. The molecule has 0 aliphatic carbocycles. The van der Waals surface area contributed by atoms with Crippen molar-refractivity contribution < 1.29 is 4.79 Å². The predicted octanol–water partition coefficient (Wildman–Crippen LogP) is 2.10. The van der Waals surface area contributed by atoms with Crippen molar-refractivity contribution in [3.05, 3.63) is 0 Å². The summed E-state index contributed by atoms with van der Waals surface area (Å²) in [6.07, 6.45) is 2.64. The Balaban J connectivity index is 0.00000576. The summed E-state index contributed by atoms with van der Waals surface area (Å²) in [7, 11) is 1.94. The fraction of sp³-hybridized carbons (Fsp3) is 0.889. The van der Waals surface area contributed by atoms with E-state index in [1.165, 1.54) is 25.9 Å². The molecule has 0 bridgehead atoms. The van der Waals surface area contributed by atoms with Gasteiger partial charge in [0.2, 0.25) is 5.91 Å². The van der Waals surface area contributed by atoms with Gasteiger partial charge in [0.1, 0.15) is 0 Å². The highest BCUT2D eigenvalue weighted by molar-refractivity contribution is 14.0. The van der Waals surface area contributed by atoms with E-state index in [4.69, 9.17) is 4.99 Å². The lowest BCUT2D eigenvalue weighted by atomic mass is 10.0. The Bertz CT molecular complexity index is 401. The lowest BCUT2D eigenvalue weighted by Crippen LogP contribution is -2.46. The molecule has 1 aliphatic rings. The van der Waals surface area contributed by atoms with Crippen LogP contribution in [-0.2, 0) is 4.79 Å². The minimum absolute atomic E-state index is 0. The van der Waals surface area contributed by atoms with Gasteiger partial charge in [-0.15, -0.1) is 24.0 Å². The van der Waals surface area contributed by atoms with Crippen LogP contribution in [0.4, 0.5) is 0 Å². The molecule has 148 valence electrons. The summed E-state index contributed by atoms with van der Waals surface area (Å²) in [5.74, 6) is 1.77. The second-order valence-corrected chi connectivity index (χ2v) is 6.71. The number of rotatable bonds is 8. The van der Waals surface area contributed by atoms with Crippen molar-refractivity contribution in [1.82, 2.24) is 20.0 Å². The first kappa shape index (κ1) is 24.4. The van der Waals surface area contributed by atoms with Crippen molar-refractivity contribution in [3.8, 4) is 0 Å². The zero-order valence-electron chi connectivity index (χ0n) is 16.8. The second kappa shape index (κ2) is 13.6. The zero-order chi connectivity index (χ0) is 17.9. The molecular weight excluding hydrogens is 429 g/mol. The molecule has 7 heteroatoms. The number of guanidine groups is 1. The van der Waals surface area contributed by atoms with Crippen molar-refractivity contribution in [1.29, 1.82) is 0 Å². The molecule has 1 rings (SSSR count). The lowest BCUT2D eigenvalue weighted by Gasteiger charge is -2.30. The Hall–Kier alpha value is -0.570. The van der Waals surface area contributed by atoms with E-state index in [9.17, 15) is 4.79 Å². The Morgan fingerprint density at radius 3 is 2.52 bits per heavy atom. The first-order valence-corrected chi connectivity index (χ1v) is 9.51. The summed E-state index contributed by atoms with van der Waals surface area (Å²) in [5, 5.41) is 3.30. The molecule has 6 nitrogen and oxygen atoms in total. The maximum absolute atomic E-state index is 12.3. The first-order valence-electron chi connectivity index (χ1n) is 9.51. The molecule has 0 saturated carbocycles. The number of carbonyl (C=O) groups excluding carboxylic acids is 1. The van der Waals surface area contributed by atoms with Crippen molar-refractivity contribution in [3.63, 3.8) is 0 Å². The van der Waals surface area contributed by atoms with Gasteiger partial charge in [0.15, 0.2) is 5.96 Å². The van der Waals surface area contributed by atoms with Crippen LogP contribution in [0.3, 0.4) is 0 Å². The minimum Gasteiger partial charge on any atom is -0.357 e. The maximum atomic E-state index is 12.3. The van der Waals surface area contributed by atoms with Crippen LogP contribution in [0.25, 0.3) is 0 Å². The molecule has 0 aromatic carbocycles. The van der Waals surface area contributed by atoms with Crippen molar-refractivity contribution in [2.75, 3.05) is 59.4 Å². The molecule has 1 amide bonds. The Morgan fingerprint density at radius 2 is 1.96 bits per heavy atom. The number of likely N-dealkylation sites (tertiary alicyclic amines) is 1. The largest absolute Gasteiger partial charge is 0.357 e. The van der Waals surface area contributed by atoms with E-state index in [-0.39, 0.29) is 29.9 Å². The third-order valence-electron chi connectivity index (χ3n) is 4.60. The number of nitrogens with zero attached hydrogens (tertiary/aromatic N) is 4. The fourth-order valence-corrected chi connectivity index (χ4v) is 3.21. The monoisotopic (exact) mass is 467 g/mol.